The smallest absolute Gasteiger partial charge is 0.264 e. The molecule has 0 atom stereocenters. The largest absolute Gasteiger partial charge is 0.466 e. The van der Waals surface area contributed by atoms with Crippen LogP contribution >= 0.6 is 11.3 Å². The molecule has 0 saturated carbocycles. The number of carbonyl (C=O) groups excluding carboxylic acids is 3. The summed E-state index contributed by atoms with van der Waals surface area (Å²) in [5.74, 6) is 0.565. The molecule has 2 N–H and O–H groups in total. The number of rotatable bonds is 3. The van der Waals surface area contributed by atoms with E-state index in [9.17, 15) is 14.4 Å². The van der Waals surface area contributed by atoms with Crippen LogP contribution in [-0.2, 0) is 0 Å². The SMILES string of the molecule is Cc1cc(C(=O)N2CCN(C(=O)c3ccc(C(N)=O)s3)CC2)c(C)o1. The van der Waals surface area contributed by atoms with E-state index < -0.39 is 5.91 Å². The van der Waals surface area contributed by atoms with Gasteiger partial charge < -0.3 is 20.0 Å². The molecule has 1 saturated heterocycles. The van der Waals surface area contributed by atoms with Crippen LogP contribution in [0.15, 0.2) is 22.6 Å². The van der Waals surface area contributed by atoms with Crippen molar-refractivity contribution >= 4 is 29.1 Å². The third kappa shape index (κ3) is 3.43. The van der Waals surface area contributed by atoms with Crippen molar-refractivity contribution in [3.8, 4) is 0 Å². The highest BCUT2D eigenvalue weighted by Gasteiger charge is 2.28. The molecule has 0 aliphatic carbocycles. The molecule has 25 heavy (non-hydrogen) atoms. The van der Waals surface area contributed by atoms with Gasteiger partial charge in [0, 0.05) is 26.2 Å². The van der Waals surface area contributed by atoms with Crippen molar-refractivity contribution in [1.29, 1.82) is 0 Å². The quantitative estimate of drug-likeness (QED) is 0.899. The molecule has 0 radical (unpaired) electrons. The lowest BCUT2D eigenvalue weighted by molar-refractivity contribution is 0.0537. The van der Waals surface area contributed by atoms with Crippen LogP contribution < -0.4 is 5.73 Å². The van der Waals surface area contributed by atoms with E-state index in [-0.39, 0.29) is 11.8 Å². The van der Waals surface area contributed by atoms with Crippen molar-refractivity contribution < 1.29 is 18.8 Å². The van der Waals surface area contributed by atoms with E-state index in [0.717, 1.165) is 11.3 Å². The van der Waals surface area contributed by atoms with Crippen LogP contribution in [0.2, 0.25) is 0 Å². The summed E-state index contributed by atoms with van der Waals surface area (Å²) in [6.07, 6.45) is 0. The molecule has 3 amide bonds. The van der Waals surface area contributed by atoms with Crippen LogP contribution in [0.3, 0.4) is 0 Å². The van der Waals surface area contributed by atoms with Gasteiger partial charge in [0.25, 0.3) is 17.7 Å². The molecular weight excluding hydrogens is 342 g/mol. The second-order valence-electron chi connectivity index (χ2n) is 5.94. The van der Waals surface area contributed by atoms with Crippen LogP contribution in [-0.4, -0.2) is 53.7 Å². The summed E-state index contributed by atoms with van der Waals surface area (Å²) in [4.78, 5) is 40.5. The molecule has 0 aromatic carbocycles. The first-order valence-corrected chi connectivity index (χ1v) is 8.73. The molecule has 0 unspecified atom stereocenters. The topological polar surface area (TPSA) is 96.9 Å². The lowest BCUT2D eigenvalue weighted by atomic mass is 10.2. The Kier molecular flexibility index (Phi) is 4.63. The lowest BCUT2D eigenvalue weighted by Crippen LogP contribution is -2.50. The normalized spacial score (nSPS) is 14.6. The van der Waals surface area contributed by atoms with Crippen LogP contribution in [0.4, 0.5) is 0 Å². The Morgan fingerprint density at radius 3 is 2.04 bits per heavy atom. The summed E-state index contributed by atoms with van der Waals surface area (Å²) >= 11 is 1.09. The van der Waals surface area contributed by atoms with Gasteiger partial charge in [-0.3, -0.25) is 14.4 Å². The number of carbonyl (C=O) groups is 3. The summed E-state index contributed by atoms with van der Waals surface area (Å²) in [6.45, 7) is 5.40. The number of hydrogen-bond acceptors (Lipinski definition) is 5. The maximum atomic E-state index is 12.6. The molecule has 1 aliphatic rings. The number of nitrogens with two attached hydrogens (primary N) is 1. The lowest BCUT2D eigenvalue weighted by Gasteiger charge is -2.34. The van der Waals surface area contributed by atoms with Crippen molar-refractivity contribution in [1.82, 2.24) is 9.80 Å². The molecule has 3 rings (SSSR count). The van der Waals surface area contributed by atoms with E-state index in [1.54, 1.807) is 34.9 Å². The number of thiophene rings is 1. The molecular formula is C17H19N3O4S. The standard InChI is InChI=1S/C17H19N3O4S/c1-10-9-12(11(2)24-10)16(22)19-5-7-20(8-6-19)17(23)14-4-3-13(25-14)15(18)21/h3-4,9H,5-8H2,1-2H3,(H2,18,21). The zero-order chi connectivity index (χ0) is 18.1. The third-order valence-electron chi connectivity index (χ3n) is 4.19. The Bertz CT molecular complexity index is 831. The summed E-state index contributed by atoms with van der Waals surface area (Å²) in [5.41, 5.74) is 5.79. The zero-order valence-electron chi connectivity index (χ0n) is 14.1. The zero-order valence-corrected chi connectivity index (χ0v) is 14.9. The fraction of sp³-hybridized carbons (Fsp3) is 0.353. The van der Waals surface area contributed by atoms with Gasteiger partial charge in [-0.2, -0.15) is 0 Å². The van der Waals surface area contributed by atoms with Gasteiger partial charge in [-0.25, -0.2) is 0 Å². The molecule has 132 valence electrons. The van der Waals surface area contributed by atoms with Gasteiger partial charge in [0.05, 0.1) is 15.3 Å². The van der Waals surface area contributed by atoms with Crippen LogP contribution in [0.1, 0.15) is 41.2 Å². The number of amides is 3. The molecule has 0 spiro atoms. The molecule has 0 bridgehead atoms. The second-order valence-corrected chi connectivity index (χ2v) is 7.02. The highest BCUT2D eigenvalue weighted by Crippen LogP contribution is 2.20. The van der Waals surface area contributed by atoms with Gasteiger partial charge >= 0.3 is 0 Å². The fourth-order valence-electron chi connectivity index (χ4n) is 2.87. The first-order valence-electron chi connectivity index (χ1n) is 7.92. The van der Waals surface area contributed by atoms with Crippen molar-refractivity contribution in [2.24, 2.45) is 5.73 Å². The van der Waals surface area contributed by atoms with Gasteiger partial charge in [-0.1, -0.05) is 0 Å². The number of hydrogen-bond donors (Lipinski definition) is 1. The minimum absolute atomic E-state index is 0.0754. The summed E-state index contributed by atoms with van der Waals surface area (Å²) in [6, 6.07) is 4.92. The van der Waals surface area contributed by atoms with Crippen LogP contribution in [0.5, 0.6) is 0 Å². The van der Waals surface area contributed by atoms with Crippen molar-refractivity contribution in [3.63, 3.8) is 0 Å². The van der Waals surface area contributed by atoms with Crippen molar-refractivity contribution in [2.45, 2.75) is 13.8 Å². The minimum atomic E-state index is -0.537. The molecule has 2 aromatic rings. The highest BCUT2D eigenvalue weighted by molar-refractivity contribution is 7.15. The number of furan rings is 1. The van der Waals surface area contributed by atoms with E-state index in [4.69, 9.17) is 10.2 Å². The Morgan fingerprint density at radius 2 is 1.56 bits per heavy atom. The molecule has 2 aromatic heterocycles. The van der Waals surface area contributed by atoms with E-state index in [2.05, 4.69) is 0 Å². The average molecular weight is 361 g/mol. The van der Waals surface area contributed by atoms with E-state index in [1.165, 1.54) is 0 Å². The molecule has 8 heteroatoms. The van der Waals surface area contributed by atoms with Gasteiger partial charge in [0.2, 0.25) is 0 Å². The Morgan fingerprint density at radius 1 is 1.00 bits per heavy atom. The fourth-order valence-corrected chi connectivity index (χ4v) is 3.69. The summed E-state index contributed by atoms with van der Waals surface area (Å²) in [5, 5.41) is 0. The number of piperazine rings is 1. The maximum Gasteiger partial charge on any atom is 0.264 e. The first kappa shape index (κ1) is 17.2. The molecule has 1 aliphatic heterocycles. The third-order valence-corrected chi connectivity index (χ3v) is 5.27. The monoisotopic (exact) mass is 361 g/mol. The van der Waals surface area contributed by atoms with Gasteiger partial charge in [-0.15, -0.1) is 11.3 Å². The first-order chi connectivity index (χ1) is 11.9. The molecule has 7 nitrogen and oxygen atoms in total. The average Bonchev–Trinajstić information content (AvgIpc) is 3.20. The van der Waals surface area contributed by atoms with Gasteiger partial charge in [0.15, 0.2) is 0 Å². The number of primary amides is 1. The van der Waals surface area contributed by atoms with E-state index >= 15 is 0 Å². The Balaban J connectivity index is 1.63. The summed E-state index contributed by atoms with van der Waals surface area (Å²) in [7, 11) is 0. The molecule has 1 fully saturated rings. The predicted octanol–water partition coefficient (Wildman–Crippen LogP) is 1.66. The van der Waals surface area contributed by atoms with Crippen LogP contribution in [0, 0.1) is 13.8 Å². The minimum Gasteiger partial charge on any atom is -0.466 e. The van der Waals surface area contributed by atoms with Gasteiger partial charge in [0.1, 0.15) is 11.5 Å². The van der Waals surface area contributed by atoms with E-state index in [1.807, 2.05) is 6.92 Å². The van der Waals surface area contributed by atoms with Crippen molar-refractivity contribution in [2.75, 3.05) is 26.2 Å². The van der Waals surface area contributed by atoms with Crippen LogP contribution in [0.25, 0.3) is 0 Å². The predicted molar refractivity (Wildman–Crippen MR) is 92.8 cm³/mol. The van der Waals surface area contributed by atoms with E-state index in [0.29, 0.717) is 53.0 Å². The van der Waals surface area contributed by atoms with Gasteiger partial charge in [-0.05, 0) is 32.0 Å². The highest BCUT2D eigenvalue weighted by atomic mass is 32.1. The molecule has 3 heterocycles. The Hall–Kier alpha value is -2.61. The maximum absolute atomic E-state index is 12.6. The second kappa shape index (κ2) is 6.72. The Labute approximate surface area is 149 Å². The number of nitrogens with zero attached hydrogens (tertiary/aromatic N) is 2. The van der Waals surface area contributed by atoms with Crippen molar-refractivity contribution in [3.05, 3.63) is 45.0 Å². The summed E-state index contributed by atoms with van der Waals surface area (Å²) < 4.78 is 5.42. The number of aryl methyl sites for hydroxylation is 2.